The number of fused-ring (bicyclic) bond motifs is 1. The minimum Gasteiger partial charge on any atom is -0.345 e. The molecule has 116 valence electrons. The molecule has 0 saturated carbocycles. The Kier molecular flexibility index (Phi) is 5.46. The third-order valence-corrected chi connectivity index (χ3v) is 4.32. The lowest BCUT2D eigenvalue weighted by molar-refractivity contribution is 0.552. The quantitative estimate of drug-likeness (QED) is 0.773. The maximum absolute atomic E-state index is 3.53. The molecule has 0 spiro atoms. The molecule has 21 heavy (non-hydrogen) atoms. The van der Waals surface area contributed by atoms with Crippen molar-refractivity contribution in [2.75, 3.05) is 6.54 Å². The van der Waals surface area contributed by atoms with Crippen LogP contribution in [0.25, 0.3) is 10.9 Å². The molecule has 1 aromatic heterocycles. The monoisotopic (exact) mass is 286 g/mol. The first kappa shape index (κ1) is 16.1. The maximum Gasteiger partial charge on any atom is 0.0485 e. The Morgan fingerprint density at radius 3 is 2.62 bits per heavy atom. The lowest BCUT2D eigenvalue weighted by atomic mass is 10.1. The Balaban J connectivity index is 2.25. The van der Waals surface area contributed by atoms with Crippen LogP contribution in [0.15, 0.2) is 18.2 Å². The van der Waals surface area contributed by atoms with Crippen LogP contribution in [0.1, 0.15) is 50.4 Å². The number of benzene rings is 1. The summed E-state index contributed by atoms with van der Waals surface area (Å²) in [5, 5.41) is 4.96. The number of aryl methyl sites for hydroxylation is 2. The van der Waals surface area contributed by atoms with Crippen LogP contribution in [0.5, 0.6) is 0 Å². The molecule has 0 aliphatic heterocycles. The molecule has 0 radical (unpaired) electrons. The van der Waals surface area contributed by atoms with Crippen molar-refractivity contribution in [2.24, 2.45) is 5.92 Å². The van der Waals surface area contributed by atoms with Crippen LogP contribution in [-0.2, 0) is 13.1 Å². The topological polar surface area (TPSA) is 17.0 Å². The number of nitrogens with zero attached hydrogens (tertiary/aromatic N) is 1. The van der Waals surface area contributed by atoms with Crippen molar-refractivity contribution < 1.29 is 0 Å². The number of hydrogen-bond donors (Lipinski definition) is 1. The Hall–Kier alpha value is -1.28. The van der Waals surface area contributed by atoms with Crippen molar-refractivity contribution in [3.63, 3.8) is 0 Å². The summed E-state index contributed by atoms with van der Waals surface area (Å²) in [7, 11) is 0. The second kappa shape index (κ2) is 7.13. The van der Waals surface area contributed by atoms with Crippen molar-refractivity contribution in [1.82, 2.24) is 9.88 Å². The molecule has 2 aromatic rings. The third-order valence-electron chi connectivity index (χ3n) is 4.32. The van der Waals surface area contributed by atoms with Gasteiger partial charge in [0.05, 0.1) is 0 Å². The van der Waals surface area contributed by atoms with E-state index in [1.807, 2.05) is 0 Å². The van der Waals surface area contributed by atoms with E-state index in [0.717, 1.165) is 19.6 Å². The minimum atomic E-state index is 0.702. The molecule has 2 heteroatoms. The molecule has 1 N–H and O–H groups in total. The highest BCUT2D eigenvalue weighted by Crippen LogP contribution is 2.26. The average molecular weight is 286 g/mol. The molecule has 2 rings (SSSR count). The van der Waals surface area contributed by atoms with Gasteiger partial charge in [0.1, 0.15) is 0 Å². The lowest BCUT2D eigenvalue weighted by Crippen LogP contribution is -2.18. The van der Waals surface area contributed by atoms with E-state index in [1.165, 1.54) is 40.6 Å². The summed E-state index contributed by atoms with van der Waals surface area (Å²) in [6, 6.07) is 6.95. The molecule has 0 bridgehead atoms. The van der Waals surface area contributed by atoms with Gasteiger partial charge in [-0.05, 0) is 56.0 Å². The van der Waals surface area contributed by atoms with Crippen LogP contribution >= 0.6 is 0 Å². The van der Waals surface area contributed by atoms with Crippen LogP contribution in [0, 0.1) is 19.8 Å². The fourth-order valence-electron chi connectivity index (χ4n) is 2.92. The van der Waals surface area contributed by atoms with Crippen LogP contribution in [0.3, 0.4) is 0 Å². The summed E-state index contributed by atoms with van der Waals surface area (Å²) in [4.78, 5) is 0. The molecular weight excluding hydrogens is 256 g/mol. The largest absolute Gasteiger partial charge is 0.345 e. The third kappa shape index (κ3) is 3.68. The molecule has 0 saturated heterocycles. The summed E-state index contributed by atoms with van der Waals surface area (Å²) in [5.41, 5.74) is 5.64. The molecule has 0 aliphatic rings. The van der Waals surface area contributed by atoms with E-state index in [1.54, 1.807) is 0 Å². The first-order chi connectivity index (χ1) is 10.0. The van der Waals surface area contributed by atoms with Crippen LogP contribution in [0.2, 0.25) is 0 Å². The van der Waals surface area contributed by atoms with Gasteiger partial charge in [-0.2, -0.15) is 0 Å². The van der Waals surface area contributed by atoms with Gasteiger partial charge < -0.3 is 9.88 Å². The van der Waals surface area contributed by atoms with Crippen LogP contribution in [0.4, 0.5) is 0 Å². The first-order valence-corrected chi connectivity index (χ1v) is 8.33. The molecule has 1 heterocycles. The second-order valence-electron chi connectivity index (χ2n) is 6.59. The highest BCUT2D eigenvalue weighted by atomic mass is 15.0. The number of aromatic nitrogens is 1. The number of hydrogen-bond acceptors (Lipinski definition) is 1. The molecule has 0 atom stereocenters. The lowest BCUT2D eigenvalue weighted by Gasteiger charge is -2.09. The Morgan fingerprint density at radius 2 is 1.95 bits per heavy atom. The van der Waals surface area contributed by atoms with E-state index in [2.05, 4.69) is 62.7 Å². The van der Waals surface area contributed by atoms with E-state index < -0.39 is 0 Å². The van der Waals surface area contributed by atoms with Gasteiger partial charge in [-0.25, -0.2) is 0 Å². The van der Waals surface area contributed by atoms with Gasteiger partial charge in [0.15, 0.2) is 0 Å². The summed E-state index contributed by atoms with van der Waals surface area (Å²) in [5.74, 6) is 0.702. The summed E-state index contributed by atoms with van der Waals surface area (Å²) >= 11 is 0. The van der Waals surface area contributed by atoms with Crippen molar-refractivity contribution in [3.05, 3.63) is 35.0 Å². The smallest absolute Gasteiger partial charge is 0.0485 e. The molecule has 2 nitrogen and oxygen atoms in total. The zero-order valence-electron chi connectivity index (χ0n) is 14.3. The molecule has 0 fully saturated rings. The zero-order chi connectivity index (χ0) is 15.4. The fourth-order valence-corrected chi connectivity index (χ4v) is 2.92. The Bertz CT molecular complexity index is 593. The van der Waals surface area contributed by atoms with E-state index in [-0.39, 0.29) is 0 Å². The van der Waals surface area contributed by atoms with Gasteiger partial charge in [-0.1, -0.05) is 33.3 Å². The van der Waals surface area contributed by atoms with Gasteiger partial charge in [0, 0.05) is 29.7 Å². The maximum atomic E-state index is 3.53. The van der Waals surface area contributed by atoms with Gasteiger partial charge in [0.2, 0.25) is 0 Å². The van der Waals surface area contributed by atoms with Crippen molar-refractivity contribution in [1.29, 1.82) is 0 Å². The average Bonchev–Trinajstić information content (AvgIpc) is 2.69. The molecule has 1 aromatic carbocycles. The Labute approximate surface area is 129 Å². The summed E-state index contributed by atoms with van der Waals surface area (Å²) < 4.78 is 2.49. The zero-order valence-corrected chi connectivity index (χ0v) is 14.3. The predicted octanol–water partition coefficient (Wildman–Crippen LogP) is 4.80. The van der Waals surface area contributed by atoms with Gasteiger partial charge >= 0.3 is 0 Å². The second-order valence-corrected chi connectivity index (χ2v) is 6.59. The highest BCUT2D eigenvalue weighted by Gasteiger charge is 2.11. The molecule has 0 amide bonds. The number of unbranched alkanes of at least 4 members (excludes halogenated alkanes) is 1. The minimum absolute atomic E-state index is 0.702. The van der Waals surface area contributed by atoms with Crippen molar-refractivity contribution >= 4 is 10.9 Å². The predicted molar refractivity (Wildman–Crippen MR) is 92.9 cm³/mol. The molecular formula is C19H30N2. The van der Waals surface area contributed by atoms with E-state index in [4.69, 9.17) is 0 Å². The number of nitrogens with one attached hydrogen (secondary N) is 1. The SMILES string of the molecule is CCCCn1c(C)c(C)c2cc(CNCC(C)C)ccc21. The van der Waals surface area contributed by atoms with E-state index in [9.17, 15) is 0 Å². The van der Waals surface area contributed by atoms with E-state index >= 15 is 0 Å². The van der Waals surface area contributed by atoms with Gasteiger partial charge in [-0.3, -0.25) is 0 Å². The van der Waals surface area contributed by atoms with Gasteiger partial charge in [-0.15, -0.1) is 0 Å². The highest BCUT2D eigenvalue weighted by molar-refractivity contribution is 5.86. The normalized spacial score (nSPS) is 11.7. The van der Waals surface area contributed by atoms with Crippen LogP contribution < -0.4 is 5.32 Å². The summed E-state index contributed by atoms with van der Waals surface area (Å²) in [6.45, 7) is 14.4. The van der Waals surface area contributed by atoms with Gasteiger partial charge in [0.25, 0.3) is 0 Å². The van der Waals surface area contributed by atoms with E-state index in [0.29, 0.717) is 5.92 Å². The molecule has 0 unspecified atom stereocenters. The number of rotatable bonds is 7. The summed E-state index contributed by atoms with van der Waals surface area (Å²) in [6.07, 6.45) is 2.50. The molecule has 0 aliphatic carbocycles. The first-order valence-electron chi connectivity index (χ1n) is 8.33. The standard InChI is InChI=1S/C19H30N2/c1-6-7-10-21-16(5)15(4)18-11-17(8-9-19(18)21)13-20-12-14(2)3/h8-9,11,14,20H,6-7,10,12-13H2,1-5H3. The van der Waals surface area contributed by atoms with Crippen LogP contribution in [-0.4, -0.2) is 11.1 Å². The Morgan fingerprint density at radius 1 is 1.19 bits per heavy atom. The fraction of sp³-hybridized carbons (Fsp3) is 0.579. The van der Waals surface area contributed by atoms with Crippen molar-refractivity contribution in [2.45, 2.75) is 60.5 Å². The van der Waals surface area contributed by atoms with Crippen molar-refractivity contribution in [3.8, 4) is 0 Å².